The van der Waals surface area contributed by atoms with Crippen molar-refractivity contribution >= 4 is 11.0 Å². The van der Waals surface area contributed by atoms with Crippen molar-refractivity contribution in [2.75, 3.05) is 0 Å². The van der Waals surface area contributed by atoms with Crippen LogP contribution in [0.4, 0.5) is 4.39 Å². The highest BCUT2D eigenvalue weighted by Crippen LogP contribution is 2.31. The Kier molecular flexibility index (Phi) is 5.00. The van der Waals surface area contributed by atoms with Crippen molar-refractivity contribution < 1.29 is 4.39 Å². The van der Waals surface area contributed by atoms with Crippen molar-refractivity contribution in [2.45, 2.75) is 19.4 Å². The third-order valence-corrected chi connectivity index (χ3v) is 5.61. The summed E-state index contributed by atoms with van der Waals surface area (Å²) < 4.78 is 16.6. The van der Waals surface area contributed by atoms with Crippen LogP contribution in [0.1, 0.15) is 29.9 Å². The number of benzene rings is 2. The smallest absolute Gasteiger partial charge is 0.220 e. The fourth-order valence-electron chi connectivity index (χ4n) is 4.03. The SMILES string of the molecule is CC(c1ccccc1)n1c(Cc2ccncc2)nc2ccc(-c3cccnc3F)cc21. The fourth-order valence-corrected chi connectivity index (χ4v) is 4.03. The molecule has 5 heteroatoms. The number of pyridine rings is 2. The molecule has 0 saturated heterocycles. The van der Waals surface area contributed by atoms with Crippen molar-refractivity contribution in [3.63, 3.8) is 0 Å². The Morgan fingerprint density at radius 2 is 1.71 bits per heavy atom. The van der Waals surface area contributed by atoms with Gasteiger partial charge in [-0.25, -0.2) is 9.97 Å². The maximum Gasteiger partial charge on any atom is 0.220 e. The van der Waals surface area contributed by atoms with E-state index in [1.807, 2.05) is 48.5 Å². The molecule has 1 unspecified atom stereocenters. The molecule has 0 fully saturated rings. The molecule has 0 saturated carbocycles. The summed E-state index contributed by atoms with van der Waals surface area (Å²) >= 11 is 0. The van der Waals surface area contributed by atoms with E-state index < -0.39 is 5.95 Å². The summed E-state index contributed by atoms with van der Waals surface area (Å²) in [4.78, 5) is 12.9. The summed E-state index contributed by atoms with van der Waals surface area (Å²) in [5.74, 6) is 0.488. The highest BCUT2D eigenvalue weighted by Gasteiger charge is 2.19. The zero-order chi connectivity index (χ0) is 21.2. The molecule has 0 aliphatic carbocycles. The molecule has 3 heterocycles. The molecule has 152 valence electrons. The molecule has 31 heavy (non-hydrogen) atoms. The molecule has 0 N–H and O–H groups in total. The van der Waals surface area contributed by atoms with E-state index in [1.54, 1.807) is 24.5 Å². The second-order valence-corrected chi connectivity index (χ2v) is 7.56. The Balaban J connectivity index is 1.69. The van der Waals surface area contributed by atoms with Gasteiger partial charge in [-0.15, -0.1) is 0 Å². The lowest BCUT2D eigenvalue weighted by Crippen LogP contribution is -2.11. The topological polar surface area (TPSA) is 43.6 Å². The van der Waals surface area contributed by atoms with Crippen LogP contribution in [-0.4, -0.2) is 19.5 Å². The monoisotopic (exact) mass is 408 g/mol. The van der Waals surface area contributed by atoms with Crippen LogP contribution in [0.5, 0.6) is 0 Å². The number of halogens is 1. The summed E-state index contributed by atoms with van der Waals surface area (Å²) in [7, 11) is 0. The number of fused-ring (bicyclic) bond motifs is 1. The van der Waals surface area contributed by atoms with E-state index in [1.165, 1.54) is 11.8 Å². The lowest BCUT2D eigenvalue weighted by molar-refractivity contribution is 0.587. The first-order valence-corrected chi connectivity index (χ1v) is 10.3. The Bertz CT molecular complexity index is 1330. The highest BCUT2D eigenvalue weighted by atomic mass is 19.1. The Labute approximate surface area is 180 Å². The van der Waals surface area contributed by atoms with Gasteiger partial charge in [0.15, 0.2) is 0 Å². The molecular formula is C26H21FN4. The predicted octanol–water partition coefficient (Wildman–Crippen LogP) is 5.83. The highest BCUT2D eigenvalue weighted by molar-refractivity contribution is 5.83. The molecule has 0 amide bonds. The van der Waals surface area contributed by atoms with E-state index in [4.69, 9.17) is 4.98 Å². The molecule has 3 aromatic heterocycles. The first kappa shape index (κ1) is 19.1. The lowest BCUT2D eigenvalue weighted by Gasteiger charge is -2.19. The van der Waals surface area contributed by atoms with Gasteiger partial charge in [0, 0.05) is 30.6 Å². The van der Waals surface area contributed by atoms with Gasteiger partial charge in [-0.05, 0) is 60.0 Å². The van der Waals surface area contributed by atoms with Gasteiger partial charge in [0.1, 0.15) is 5.82 Å². The molecule has 0 aliphatic rings. The molecule has 0 radical (unpaired) electrons. The number of imidazole rings is 1. The van der Waals surface area contributed by atoms with Crippen LogP contribution in [-0.2, 0) is 6.42 Å². The molecule has 0 spiro atoms. The number of nitrogens with zero attached hydrogens (tertiary/aromatic N) is 4. The largest absolute Gasteiger partial charge is 0.320 e. The van der Waals surface area contributed by atoms with Crippen molar-refractivity contribution in [3.8, 4) is 11.1 Å². The van der Waals surface area contributed by atoms with E-state index in [0.717, 1.165) is 28.0 Å². The molecular weight excluding hydrogens is 387 g/mol. The number of aromatic nitrogens is 4. The van der Waals surface area contributed by atoms with Crippen molar-refractivity contribution in [1.29, 1.82) is 0 Å². The quantitative estimate of drug-likeness (QED) is 0.344. The molecule has 1 atom stereocenters. The maximum atomic E-state index is 14.4. The van der Waals surface area contributed by atoms with Crippen molar-refractivity contribution in [3.05, 3.63) is 114 Å². The van der Waals surface area contributed by atoms with Crippen LogP contribution >= 0.6 is 0 Å². The van der Waals surface area contributed by atoms with Gasteiger partial charge in [-0.1, -0.05) is 36.4 Å². The van der Waals surface area contributed by atoms with Crippen molar-refractivity contribution in [1.82, 2.24) is 19.5 Å². The fraction of sp³-hybridized carbons (Fsp3) is 0.115. The second kappa shape index (κ2) is 8.11. The summed E-state index contributed by atoms with van der Waals surface area (Å²) in [5.41, 5.74) is 5.47. The zero-order valence-electron chi connectivity index (χ0n) is 17.1. The average molecular weight is 408 g/mol. The third-order valence-electron chi connectivity index (χ3n) is 5.61. The molecule has 5 rings (SSSR count). The number of hydrogen-bond donors (Lipinski definition) is 0. The first-order chi connectivity index (χ1) is 15.2. The average Bonchev–Trinajstić information content (AvgIpc) is 3.17. The zero-order valence-corrected chi connectivity index (χ0v) is 17.1. The maximum absolute atomic E-state index is 14.4. The Morgan fingerprint density at radius 1 is 0.903 bits per heavy atom. The number of rotatable bonds is 5. The molecule has 0 bridgehead atoms. The van der Waals surface area contributed by atoms with E-state index in [9.17, 15) is 4.39 Å². The normalized spacial score (nSPS) is 12.2. The molecule has 4 nitrogen and oxygen atoms in total. The van der Waals surface area contributed by atoms with Gasteiger partial charge in [-0.3, -0.25) is 4.98 Å². The van der Waals surface area contributed by atoms with E-state index in [0.29, 0.717) is 12.0 Å². The summed E-state index contributed by atoms with van der Waals surface area (Å²) in [6.07, 6.45) is 5.75. The third kappa shape index (κ3) is 3.70. The van der Waals surface area contributed by atoms with Crippen LogP contribution in [0.25, 0.3) is 22.2 Å². The second-order valence-electron chi connectivity index (χ2n) is 7.56. The first-order valence-electron chi connectivity index (χ1n) is 10.3. The van der Waals surface area contributed by atoms with Crippen molar-refractivity contribution in [2.24, 2.45) is 0 Å². The predicted molar refractivity (Wildman–Crippen MR) is 120 cm³/mol. The summed E-state index contributed by atoms with van der Waals surface area (Å²) in [6.45, 7) is 2.17. The summed E-state index contributed by atoms with van der Waals surface area (Å²) in [6, 6.07) is 23.8. The van der Waals surface area contributed by atoms with Gasteiger partial charge in [0.25, 0.3) is 0 Å². The minimum absolute atomic E-state index is 0.0667. The van der Waals surface area contributed by atoms with Crippen LogP contribution in [0, 0.1) is 5.95 Å². The van der Waals surface area contributed by atoms with E-state index in [2.05, 4.69) is 33.6 Å². The molecule has 0 aliphatic heterocycles. The van der Waals surface area contributed by atoms with Gasteiger partial charge >= 0.3 is 0 Å². The molecule has 5 aromatic rings. The summed E-state index contributed by atoms with van der Waals surface area (Å²) in [5, 5.41) is 0. The minimum atomic E-state index is -0.471. The van der Waals surface area contributed by atoms with Crippen LogP contribution in [0.3, 0.4) is 0 Å². The van der Waals surface area contributed by atoms with Gasteiger partial charge in [-0.2, -0.15) is 4.39 Å². The van der Waals surface area contributed by atoms with Gasteiger partial charge in [0.05, 0.1) is 17.1 Å². The lowest BCUT2D eigenvalue weighted by atomic mass is 10.1. The van der Waals surface area contributed by atoms with Gasteiger partial charge < -0.3 is 4.57 Å². The number of hydrogen-bond acceptors (Lipinski definition) is 3. The minimum Gasteiger partial charge on any atom is -0.320 e. The van der Waals surface area contributed by atoms with Crippen LogP contribution < -0.4 is 0 Å². The van der Waals surface area contributed by atoms with Gasteiger partial charge in [0.2, 0.25) is 5.95 Å². The Hall–Kier alpha value is -3.86. The molecule has 2 aromatic carbocycles. The van der Waals surface area contributed by atoms with Crippen LogP contribution in [0.15, 0.2) is 91.4 Å². The van der Waals surface area contributed by atoms with Crippen LogP contribution in [0.2, 0.25) is 0 Å². The standard InChI is InChI=1S/C26H21FN4/c1-18(20-6-3-2-4-7-20)31-24-17-21(22-8-5-13-29-26(22)27)9-10-23(24)30-25(31)16-19-11-14-28-15-12-19/h2-15,17-18H,16H2,1H3. The van der Waals surface area contributed by atoms with E-state index >= 15 is 0 Å². The van der Waals surface area contributed by atoms with E-state index in [-0.39, 0.29) is 6.04 Å². The Morgan fingerprint density at radius 3 is 2.48 bits per heavy atom.